The number of carbonyl (C=O) groups excluding carboxylic acids is 1. The minimum Gasteiger partial charge on any atom is -0.361 e. The number of aromatic amines is 1. The van der Waals surface area contributed by atoms with Gasteiger partial charge in [0, 0.05) is 29.6 Å². The van der Waals surface area contributed by atoms with Crippen LogP contribution in [-0.4, -0.2) is 17.4 Å². The van der Waals surface area contributed by atoms with Gasteiger partial charge in [-0.2, -0.15) is 0 Å². The fraction of sp³-hybridized carbons (Fsp3) is 0.375. The first-order chi connectivity index (χ1) is 9.34. The summed E-state index contributed by atoms with van der Waals surface area (Å²) in [6.45, 7) is 0.713. The van der Waals surface area contributed by atoms with E-state index in [1.165, 1.54) is 10.9 Å². The molecule has 2 N–H and O–H groups in total. The van der Waals surface area contributed by atoms with E-state index in [2.05, 4.69) is 28.9 Å². The van der Waals surface area contributed by atoms with Crippen LogP contribution in [0.5, 0.6) is 0 Å². The van der Waals surface area contributed by atoms with Gasteiger partial charge in [0.2, 0.25) is 5.91 Å². The number of amides is 1. The summed E-state index contributed by atoms with van der Waals surface area (Å²) in [7, 11) is 0. The standard InChI is InChI=1S/C16H19N2O/c19-16(12-5-1-2-6-12)17-10-9-13-11-18-15-8-4-3-7-14(13)15/h3-5,7-8,11-12,18H,1-2,6,9-10H2,(H,17,19). The largest absolute Gasteiger partial charge is 0.361 e. The number of carbonyl (C=O) groups is 1. The Balaban J connectivity index is 1.56. The summed E-state index contributed by atoms with van der Waals surface area (Å²) in [6.07, 6.45) is 8.31. The quantitative estimate of drug-likeness (QED) is 0.867. The summed E-state index contributed by atoms with van der Waals surface area (Å²) in [5.74, 6) is 0.334. The Morgan fingerprint density at radius 2 is 2.26 bits per heavy atom. The highest BCUT2D eigenvalue weighted by Gasteiger charge is 2.22. The lowest BCUT2D eigenvalue weighted by molar-refractivity contribution is -0.123. The molecule has 99 valence electrons. The number of nitrogens with one attached hydrogen (secondary N) is 2. The molecule has 1 fully saturated rings. The molecule has 1 atom stereocenters. The molecule has 1 radical (unpaired) electrons. The number of rotatable bonds is 4. The molecule has 1 saturated carbocycles. The zero-order valence-corrected chi connectivity index (χ0v) is 11.0. The molecule has 0 aliphatic heterocycles. The lowest BCUT2D eigenvalue weighted by Crippen LogP contribution is -2.31. The first-order valence-electron chi connectivity index (χ1n) is 7.00. The van der Waals surface area contributed by atoms with E-state index in [9.17, 15) is 4.79 Å². The maximum atomic E-state index is 11.9. The molecule has 1 aromatic carbocycles. The van der Waals surface area contributed by atoms with Gasteiger partial charge in [0.25, 0.3) is 0 Å². The third-order valence-electron chi connectivity index (χ3n) is 3.88. The van der Waals surface area contributed by atoms with Gasteiger partial charge in [0.15, 0.2) is 0 Å². The summed E-state index contributed by atoms with van der Waals surface area (Å²) < 4.78 is 0. The first-order valence-corrected chi connectivity index (χ1v) is 7.00. The maximum absolute atomic E-state index is 11.9. The number of benzene rings is 1. The second-order valence-electron chi connectivity index (χ2n) is 5.17. The van der Waals surface area contributed by atoms with E-state index >= 15 is 0 Å². The molecule has 0 spiro atoms. The van der Waals surface area contributed by atoms with Gasteiger partial charge in [-0.25, -0.2) is 0 Å². The van der Waals surface area contributed by atoms with E-state index in [1.807, 2.05) is 18.3 Å². The molecule has 3 rings (SSSR count). The molecule has 1 aromatic heterocycles. The van der Waals surface area contributed by atoms with Crippen molar-refractivity contribution in [2.75, 3.05) is 6.54 Å². The number of hydrogen-bond donors (Lipinski definition) is 2. The number of para-hydroxylation sites is 1. The van der Waals surface area contributed by atoms with Crippen LogP contribution in [0.15, 0.2) is 30.5 Å². The fourth-order valence-corrected chi connectivity index (χ4v) is 2.80. The highest BCUT2D eigenvalue weighted by Crippen LogP contribution is 2.23. The van der Waals surface area contributed by atoms with Crippen molar-refractivity contribution in [3.05, 3.63) is 42.4 Å². The normalized spacial score (nSPS) is 16.0. The molecule has 1 aliphatic carbocycles. The van der Waals surface area contributed by atoms with E-state index in [0.717, 1.165) is 31.2 Å². The zero-order chi connectivity index (χ0) is 13.1. The summed E-state index contributed by atoms with van der Waals surface area (Å²) >= 11 is 0. The van der Waals surface area contributed by atoms with Crippen molar-refractivity contribution in [3.8, 4) is 0 Å². The van der Waals surface area contributed by atoms with Gasteiger partial charge < -0.3 is 10.3 Å². The number of fused-ring (bicyclic) bond motifs is 1. The molecule has 3 heteroatoms. The summed E-state index contributed by atoms with van der Waals surface area (Å²) in [5, 5.41) is 4.30. The van der Waals surface area contributed by atoms with E-state index in [1.54, 1.807) is 0 Å². The van der Waals surface area contributed by atoms with Crippen LogP contribution in [0, 0.1) is 12.3 Å². The van der Waals surface area contributed by atoms with Gasteiger partial charge in [0.1, 0.15) is 0 Å². The molecule has 1 heterocycles. The molecular formula is C16H19N2O. The molecule has 1 amide bonds. The van der Waals surface area contributed by atoms with E-state index in [4.69, 9.17) is 0 Å². The van der Waals surface area contributed by atoms with Crippen molar-refractivity contribution in [1.29, 1.82) is 0 Å². The van der Waals surface area contributed by atoms with Gasteiger partial charge in [-0.15, -0.1) is 0 Å². The minimum atomic E-state index is 0.142. The average Bonchev–Trinajstić information content (AvgIpc) is 3.08. The van der Waals surface area contributed by atoms with E-state index < -0.39 is 0 Å². The van der Waals surface area contributed by atoms with Crippen molar-refractivity contribution < 1.29 is 4.79 Å². The smallest absolute Gasteiger partial charge is 0.223 e. The number of H-pyrrole nitrogens is 1. The summed E-state index contributed by atoms with van der Waals surface area (Å²) in [6, 6.07) is 8.27. The molecule has 2 aromatic rings. The highest BCUT2D eigenvalue weighted by molar-refractivity contribution is 5.83. The molecular weight excluding hydrogens is 236 g/mol. The van der Waals surface area contributed by atoms with Gasteiger partial charge in [0.05, 0.1) is 0 Å². The summed E-state index contributed by atoms with van der Waals surface area (Å²) in [4.78, 5) is 15.1. The molecule has 0 bridgehead atoms. The van der Waals surface area contributed by atoms with Gasteiger partial charge in [-0.1, -0.05) is 24.6 Å². The number of aromatic nitrogens is 1. The Morgan fingerprint density at radius 3 is 3.11 bits per heavy atom. The lowest BCUT2D eigenvalue weighted by atomic mass is 10.1. The van der Waals surface area contributed by atoms with E-state index in [-0.39, 0.29) is 11.8 Å². The fourth-order valence-electron chi connectivity index (χ4n) is 2.80. The minimum absolute atomic E-state index is 0.142. The highest BCUT2D eigenvalue weighted by atomic mass is 16.1. The van der Waals surface area contributed by atoms with Crippen LogP contribution in [-0.2, 0) is 11.2 Å². The van der Waals surface area contributed by atoms with Crippen molar-refractivity contribution in [2.24, 2.45) is 5.92 Å². The Hall–Kier alpha value is -1.77. The monoisotopic (exact) mass is 255 g/mol. The summed E-state index contributed by atoms with van der Waals surface area (Å²) in [5.41, 5.74) is 2.43. The van der Waals surface area contributed by atoms with E-state index in [0.29, 0.717) is 6.54 Å². The molecule has 0 saturated heterocycles. The first kappa shape index (κ1) is 12.3. The van der Waals surface area contributed by atoms with Crippen LogP contribution in [0.25, 0.3) is 10.9 Å². The molecule has 1 aliphatic rings. The predicted molar refractivity (Wildman–Crippen MR) is 76.7 cm³/mol. The Bertz CT molecular complexity index is 567. The SMILES string of the molecule is O=C(NCCc1c[nH]c2ccccc12)C1[CH]CCC1. The topological polar surface area (TPSA) is 44.9 Å². The Morgan fingerprint density at radius 1 is 1.37 bits per heavy atom. The van der Waals surface area contributed by atoms with Crippen LogP contribution in [0.3, 0.4) is 0 Å². The number of hydrogen-bond acceptors (Lipinski definition) is 1. The van der Waals surface area contributed by atoms with Crippen molar-refractivity contribution in [2.45, 2.75) is 25.7 Å². The van der Waals surface area contributed by atoms with Crippen LogP contribution >= 0.6 is 0 Å². The van der Waals surface area contributed by atoms with Crippen molar-refractivity contribution in [3.63, 3.8) is 0 Å². The average molecular weight is 255 g/mol. The molecule has 19 heavy (non-hydrogen) atoms. The maximum Gasteiger partial charge on any atom is 0.223 e. The second kappa shape index (κ2) is 5.47. The Kier molecular flexibility index (Phi) is 3.53. The third-order valence-corrected chi connectivity index (χ3v) is 3.88. The predicted octanol–water partition coefficient (Wildman–Crippen LogP) is 2.83. The van der Waals surface area contributed by atoms with Gasteiger partial charge in [-0.3, -0.25) is 4.79 Å². The third kappa shape index (κ3) is 2.65. The van der Waals surface area contributed by atoms with Crippen molar-refractivity contribution in [1.82, 2.24) is 10.3 Å². The van der Waals surface area contributed by atoms with Crippen LogP contribution < -0.4 is 5.32 Å². The molecule has 1 unspecified atom stereocenters. The van der Waals surface area contributed by atoms with Crippen LogP contribution in [0.2, 0.25) is 0 Å². The Labute approximate surface area is 113 Å². The second-order valence-corrected chi connectivity index (χ2v) is 5.17. The zero-order valence-electron chi connectivity index (χ0n) is 11.0. The molecule has 3 nitrogen and oxygen atoms in total. The van der Waals surface area contributed by atoms with Gasteiger partial charge >= 0.3 is 0 Å². The lowest BCUT2D eigenvalue weighted by Gasteiger charge is -2.09. The van der Waals surface area contributed by atoms with Crippen LogP contribution in [0.4, 0.5) is 0 Å². The van der Waals surface area contributed by atoms with Gasteiger partial charge in [-0.05, 0) is 37.3 Å². The van der Waals surface area contributed by atoms with Crippen LogP contribution in [0.1, 0.15) is 24.8 Å². The van der Waals surface area contributed by atoms with Crippen molar-refractivity contribution >= 4 is 16.8 Å².